The fraction of sp³-hybridized carbons (Fsp3) is 0.417. The van der Waals surface area contributed by atoms with Crippen LogP contribution in [0.15, 0.2) is 28.7 Å². The summed E-state index contributed by atoms with van der Waals surface area (Å²) >= 11 is 3.39. The van der Waals surface area contributed by atoms with E-state index in [1.165, 1.54) is 0 Å². The van der Waals surface area contributed by atoms with Gasteiger partial charge in [-0.15, -0.1) is 0 Å². The number of halogens is 1. The maximum absolute atomic E-state index is 11.4. The highest BCUT2D eigenvalue weighted by Crippen LogP contribution is 2.13. The van der Waals surface area contributed by atoms with Crippen LogP contribution in [0, 0.1) is 0 Å². The molecule has 0 aliphatic rings. The third-order valence-corrected chi connectivity index (χ3v) is 3.73. The number of amides is 1. The van der Waals surface area contributed by atoms with E-state index in [9.17, 15) is 13.2 Å². The molecule has 0 saturated carbocycles. The molecule has 3 N–H and O–H groups in total. The minimum atomic E-state index is -3.51. The van der Waals surface area contributed by atoms with Crippen molar-refractivity contribution >= 4 is 31.9 Å². The second kappa shape index (κ2) is 7.62. The van der Waals surface area contributed by atoms with Crippen LogP contribution in [0.5, 0.6) is 0 Å². The number of rotatable bonds is 7. The normalized spacial score (nSPS) is 11.3. The first kappa shape index (κ1) is 16.1. The number of nitrogens with one attached hydrogen (secondary N) is 1. The molecule has 1 amide bonds. The third-order valence-electron chi connectivity index (χ3n) is 2.47. The van der Waals surface area contributed by atoms with E-state index in [1.807, 2.05) is 24.3 Å². The molecule has 0 saturated heterocycles. The Hall–Kier alpha value is -0.920. The number of carbonyl (C=O) groups excluding carboxylic acids is 1. The Kier molecular flexibility index (Phi) is 6.47. The first-order valence-electron chi connectivity index (χ1n) is 5.88. The number of sulfonamides is 1. The number of hydrogen-bond donors (Lipinski definition) is 2. The lowest BCUT2D eigenvalue weighted by molar-refractivity contribution is -0.121. The van der Waals surface area contributed by atoms with Crippen LogP contribution in [0.4, 0.5) is 0 Å². The Bertz CT molecular complexity index is 532. The van der Waals surface area contributed by atoms with Gasteiger partial charge in [0.15, 0.2) is 0 Å². The van der Waals surface area contributed by atoms with Crippen molar-refractivity contribution in [1.82, 2.24) is 5.32 Å². The fourth-order valence-electron chi connectivity index (χ4n) is 1.57. The summed E-state index contributed by atoms with van der Waals surface area (Å²) in [7, 11) is -3.51. The van der Waals surface area contributed by atoms with Crippen LogP contribution in [0.25, 0.3) is 0 Å². The molecule has 0 heterocycles. The lowest BCUT2D eigenvalue weighted by atomic mass is 10.1. The number of carbonyl (C=O) groups is 1. The van der Waals surface area contributed by atoms with Crippen molar-refractivity contribution in [2.24, 2.45) is 5.14 Å². The van der Waals surface area contributed by atoms with E-state index in [1.54, 1.807) is 0 Å². The minimum absolute atomic E-state index is 0.0640. The minimum Gasteiger partial charge on any atom is -0.355 e. The molecule has 0 unspecified atom stereocenters. The van der Waals surface area contributed by atoms with Gasteiger partial charge in [0.1, 0.15) is 0 Å². The highest BCUT2D eigenvalue weighted by atomic mass is 79.9. The molecule has 0 aliphatic heterocycles. The molecule has 106 valence electrons. The molecule has 0 radical (unpaired) electrons. The molecule has 5 nitrogen and oxygen atoms in total. The predicted octanol–water partition coefficient (Wildman–Crippen LogP) is 1.18. The van der Waals surface area contributed by atoms with E-state index in [-0.39, 0.29) is 18.2 Å². The lowest BCUT2D eigenvalue weighted by Gasteiger charge is -2.04. The van der Waals surface area contributed by atoms with Crippen LogP contribution in [0.3, 0.4) is 0 Å². The topological polar surface area (TPSA) is 89.3 Å². The Balaban J connectivity index is 2.20. The number of aryl methyl sites for hydroxylation is 1. The summed E-state index contributed by atoms with van der Waals surface area (Å²) in [6.45, 7) is 0.0640. The SMILES string of the molecule is NS(=O)(=O)CCNC(=O)CCCc1cccc(Br)c1. The average molecular weight is 349 g/mol. The summed E-state index contributed by atoms with van der Waals surface area (Å²) in [5.74, 6) is -0.386. The molecule has 19 heavy (non-hydrogen) atoms. The number of hydrogen-bond acceptors (Lipinski definition) is 3. The molecule has 7 heteroatoms. The molecule has 1 aromatic carbocycles. The van der Waals surface area contributed by atoms with Gasteiger partial charge in [-0.2, -0.15) is 0 Å². The quantitative estimate of drug-likeness (QED) is 0.775. The summed E-state index contributed by atoms with van der Waals surface area (Å²) in [5, 5.41) is 7.36. The largest absolute Gasteiger partial charge is 0.355 e. The first-order chi connectivity index (χ1) is 8.87. The van der Waals surface area contributed by atoms with E-state index in [2.05, 4.69) is 21.2 Å². The highest BCUT2D eigenvalue weighted by molar-refractivity contribution is 9.10. The van der Waals surface area contributed by atoms with E-state index in [4.69, 9.17) is 5.14 Å². The molecular weight excluding hydrogens is 332 g/mol. The van der Waals surface area contributed by atoms with Crippen molar-refractivity contribution in [2.45, 2.75) is 19.3 Å². The molecule has 1 rings (SSSR count). The van der Waals surface area contributed by atoms with E-state index >= 15 is 0 Å². The number of nitrogens with two attached hydrogens (primary N) is 1. The van der Waals surface area contributed by atoms with Gasteiger partial charge < -0.3 is 5.32 Å². The van der Waals surface area contributed by atoms with E-state index < -0.39 is 10.0 Å². The zero-order valence-electron chi connectivity index (χ0n) is 10.4. The summed E-state index contributed by atoms with van der Waals surface area (Å²) in [5.41, 5.74) is 1.16. The van der Waals surface area contributed by atoms with Crippen LogP contribution in [-0.4, -0.2) is 26.6 Å². The van der Waals surface area contributed by atoms with Crippen LogP contribution < -0.4 is 10.5 Å². The van der Waals surface area contributed by atoms with Gasteiger partial charge in [-0.25, -0.2) is 13.6 Å². The highest BCUT2D eigenvalue weighted by Gasteiger charge is 2.05. The number of benzene rings is 1. The van der Waals surface area contributed by atoms with Crippen molar-refractivity contribution in [3.63, 3.8) is 0 Å². The van der Waals surface area contributed by atoms with Gasteiger partial charge in [-0.3, -0.25) is 4.79 Å². The second-order valence-corrected chi connectivity index (χ2v) is 6.85. The summed E-state index contributed by atoms with van der Waals surface area (Å²) in [4.78, 5) is 11.4. The molecule has 0 bridgehead atoms. The third kappa shape index (κ3) is 7.97. The van der Waals surface area contributed by atoms with Gasteiger partial charge in [-0.05, 0) is 30.5 Å². The summed E-state index contributed by atoms with van der Waals surface area (Å²) in [6, 6.07) is 7.91. The zero-order chi connectivity index (χ0) is 14.3. The standard InChI is InChI=1S/C12H17BrN2O3S/c13-11-5-1-3-10(9-11)4-2-6-12(16)15-7-8-19(14,17)18/h1,3,5,9H,2,4,6-8H2,(H,15,16)(H2,14,17,18). The van der Waals surface area contributed by atoms with Crippen LogP contribution in [0.2, 0.25) is 0 Å². The smallest absolute Gasteiger partial charge is 0.220 e. The molecule has 0 aromatic heterocycles. The maximum atomic E-state index is 11.4. The van der Waals surface area contributed by atoms with Crippen molar-refractivity contribution in [3.8, 4) is 0 Å². The van der Waals surface area contributed by atoms with Crippen molar-refractivity contribution < 1.29 is 13.2 Å². The monoisotopic (exact) mass is 348 g/mol. The molecular formula is C12H17BrN2O3S. The summed E-state index contributed by atoms with van der Waals surface area (Å²) in [6.07, 6.45) is 1.90. The Labute approximate surface area is 121 Å². The molecule has 0 spiro atoms. The molecule has 1 aromatic rings. The van der Waals surface area contributed by atoms with Gasteiger partial charge >= 0.3 is 0 Å². The van der Waals surface area contributed by atoms with Crippen LogP contribution in [-0.2, 0) is 21.2 Å². The van der Waals surface area contributed by atoms with Gasteiger partial charge in [0, 0.05) is 17.4 Å². The number of primary sulfonamides is 1. The van der Waals surface area contributed by atoms with Crippen LogP contribution >= 0.6 is 15.9 Å². The maximum Gasteiger partial charge on any atom is 0.220 e. The average Bonchev–Trinajstić information content (AvgIpc) is 2.27. The Morgan fingerprint density at radius 3 is 2.74 bits per heavy atom. The van der Waals surface area contributed by atoms with Gasteiger partial charge in [-0.1, -0.05) is 28.1 Å². The van der Waals surface area contributed by atoms with Crippen molar-refractivity contribution in [2.75, 3.05) is 12.3 Å². The lowest BCUT2D eigenvalue weighted by Crippen LogP contribution is -2.31. The molecule has 0 aliphatic carbocycles. The fourth-order valence-corrected chi connectivity index (χ4v) is 2.40. The van der Waals surface area contributed by atoms with Crippen molar-refractivity contribution in [3.05, 3.63) is 34.3 Å². The van der Waals surface area contributed by atoms with Gasteiger partial charge in [0.25, 0.3) is 0 Å². The molecule has 0 atom stereocenters. The predicted molar refractivity (Wildman–Crippen MR) is 78.1 cm³/mol. The second-order valence-electron chi connectivity index (χ2n) is 4.20. The van der Waals surface area contributed by atoms with Crippen LogP contribution in [0.1, 0.15) is 18.4 Å². The Morgan fingerprint density at radius 1 is 1.37 bits per heavy atom. The first-order valence-corrected chi connectivity index (χ1v) is 8.39. The summed E-state index contributed by atoms with van der Waals surface area (Å²) < 4.78 is 22.3. The Morgan fingerprint density at radius 2 is 2.11 bits per heavy atom. The van der Waals surface area contributed by atoms with E-state index in [0.29, 0.717) is 6.42 Å². The van der Waals surface area contributed by atoms with Gasteiger partial charge in [0.05, 0.1) is 5.75 Å². The van der Waals surface area contributed by atoms with Gasteiger partial charge in [0.2, 0.25) is 15.9 Å². The molecule has 0 fully saturated rings. The zero-order valence-corrected chi connectivity index (χ0v) is 12.8. The van der Waals surface area contributed by atoms with E-state index in [0.717, 1.165) is 22.9 Å². The van der Waals surface area contributed by atoms with Crippen molar-refractivity contribution in [1.29, 1.82) is 0 Å².